The van der Waals surface area contributed by atoms with Crippen LogP contribution in [0.25, 0.3) is 0 Å². The van der Waals surface area contributed by atoms with Crippen molar-refractivity contribution in [2.75, 3.05) is 20.6 Å². The van der Waals surface area contributed by atoms with Gasteiger partial charge in [-0.05, 0) is 43.1 Å². The van der Waals surface area contributed by atoms with Crippen LogP contribution in [0.3, 0.4) is 0 Å². The number of rotatable bonds is 6. The molecule has 0 fully saturated rings. The third-order valence-electron chi connectivity index (χ3n) is 3.64. The molecule has 1 aromatic carbocycles. The van der Waals surface area contributed by atoms with Gasteiger partial charge in [0.1, 0.15) is 0 Å². The molecule has 0 saturated heterocycles. The van der Waals surface area contributed by atoms with Gasteiger partial charge in [0.25, 0.3) is 5.91 Å². The SMILES string of the molecule is CCc1ccc(C(CNC(=O)c2ccsc2)N(C)C)cc1. The van der Waals surface area contributed by atoms with Crippen molar-refractivity contribution < 1.29 is 4.79 Å². The monoisotopic (exact) mass is 302 g/mol. The van der Waals surface area contributed by atoms with E-state index in [1.165, 1.54) is 22.5 Å². The second-order valence-electron chi connectivity index (χ2n) is 5.30. The molecule has 1 unspecified atom stereocenters. The molecule has 0 spiro atoms. The number of carbonyl (C=O) groups is 1. The lowest BCUT2D eigenvalue weighted by atomic mass is 10.0. The van der Waals surface area contributed by atoms with E-state index in [0.29, 0.717) is 6.54 Å². The number of carbonyl (C=O) groups excluding carboxylic acids is 1. The van der Waals surface area contributed by atoms with Crippen LogP contribution in [0.4, 0.5) is 0 Å². The van der Waals surface area contributed by atoms with Gasteiger partial charge in [-0.2, -0.15) is 11.3 Å². The second-order valence-corrected chi connectivity index (χ2v) is 6.08. The number of nitrogens with one attached hydrogen (secondary N) is 1. The largest absolute Gasteiger partial charge is 0.350 e. The van der Waals surface area contributed by atoms with Gasteiger partial charge in [-0.1, -0.05) is 31.2 Å². The number of amides is 1. The van der Waals surface area contributed by atoms with Crippen molar-refractivity contribution in [3.05, 3.63) is 57.8 Å². The summed E-state index contributed by atoms with van der Waals surface area (Å²) in [5, 5.41) is 6.81. The maximum Gasteiger partial charge on any atom is 0.252 e. The minimum Gasteiger partial charge on any atom is -0.350 e. The highest BCUT2D eigenvalue weighted by Crippen LogP contribution is 2.18. The zero-order valence-electron chi connectivity index (χ0n) is 12.8. The first-order valence-electron chi connectivity index (χ1n) is 7.17. The van der Waals surface area contributed by atoms with Gasteiger partial charge in [-0.25, -0.2) is 0 Å². The normalized spacial score (nSPS) is 12.4. The highest BCUT2D eigenvalue weighted by molar-refractivity contribution is 7.08. The number of likely N-dealkylation sites (N-methyl/N-ethyl adjacent to an activating group) is 1. The molecular formula is C17H22N2OS. The van der Waals surface area contributed by atoms with Crippen LogP contribution in [-0.2, 0) is 6.42 Å². The molecule has 1 N–H and O–H groups in total. The lowest BCUT2D eigenvalue weighted by Gasteiger charge is -2.25. The lowest BCUT2D eigenvalue weighted by Crippen LogP contribution is -2.34. The quantitative estimate of drug-likeness (QED) is 0.887. The summed E-state index contributed by atoms with van der Waals surface area (Å²) in [6, 6.07) is 10.7. The summed E-state index contributed by atoms with van der Waals surface area (Å²) in [7, 11) is 4.07. The standard InChI is InChI=1S/C17H22N2OS/c1-4-13-5-7-14(8-6-13)16(19(2)3)11-18-17(20)15-9-10-21-12-15/h5-10,12,16H,4,11H2,1-3H3,(H,18,20). The lowest BCUT2D eigenvalue weighted by molar-refractivity contribution is 0.0942. The molecule has 112 valence electrons. The van der Waals surface area contributed by atoms with E-state index >= 15 is 0 Å². The summed E-state index contributed by atoms with van der Waals surface area (Å²) >= 11 is 1.54. The fourth-order valence-electron chi connectivity index (χ4n) is 2.26. The number of nitrogens with zero attached hydrogens (tertiary/aromatic N) is 1. The molecule has 0 aliphatic rings. The highest BCUT2D eigenvalue weighted by Gasteiger charge is 2.16. The molecule has 21 heavy (non-hydrogen) atoms. The Bertz CT molecular complexity index is 561. The molecule has 0 radical (unpaired) electrons. The molecule has 1 heterocycles. The van der Waals surface area contributed by atoms with Crippen molar-refractivity contribution in [2.24, 2.45) is 0 Å². The first-order valence-corrected chi connectivity index (χ1v) is 8.11. The predicted molar refractivity (Wildman–Crippen MR) is 88.9 cm³/mol. The summed E-state index contributed by atoms with van der Waals surface area (Å²) in [5.74, 6) is -0.00622. The topological polar surface area (TPSA) is 32.3 Å². The van der Waals surface area contributed by atoms with E-state index in [2.05, 4.69) is 41.4 Å². The second kappa shape index (κ2) is 7.38. The Morgan fingerprint density at radius 2 is 1.95 bits per heavy atom. The van der Waals surface area contributed by atoms with Gasteiger partial charge in [-0.15, -0.1) is 0 Å². The van der Waals surface area contributed by atoms with E-state index in [0.717, 1.165) is 12.0 Å². The van der Waals surface area contributed by atoms with Gasteiger partial charge in [0.2, 0.25) is 0 Å². The molecule has 3 nitrogen and oxygen atoms in total. The number of hydrogen-bond donors (Lipinski definition) is 1. The van der Waals surface area contributed by atoms with Crippen molar-refractivity contribution >= 4 is 17.2 Å². The minimum atomic E-state index is -0.00622. The first-order chi connectivity index (χ1) is 10.1. The van der Waals surface area contributed by atoms with Gasteiger partial charge in [0.05, 0.1) is 6.04 Å². The molecule has 0 aliphatic carbocycles. The third kappa shape index (κ3) is 4.16. The first kappa shape index (κ1) is 15.7. The van der Waals surface area contributed by atoms with E-state index in [-0.39, 0.29) is 11.9 Å². The van der Waals surface area contributed by atoms with E-state index in [9.17, 15) is 4.79 Å². The molecule has 1 aromatic heterocycles. The molecule has 1 amide bonds. The molecule has 4 heteroatoms. The summed E-state index contributed by atoms with van der Waals surface area (Å²) in [4.78, 5) is 14.2. The number of thiophene rings is 1. The zero-order valence-corrected chi connectivity index (χ0v) is 13.6. The Balaban J connectivity index is 2.03. The maximum atomic E-state index is 12.0. The van der Waals surface area contributed by atoms with Crippen LogP contribution in [0.5, 0.6) is 0 Å². The number of aryl methyl sites for hydroxylation is 1. The fourth-order valence-corrected chi connectivity index (χ4v) is 2.90. The van der Waals surface area contributed by atoms with Crippen LogP contribution >= 0.6 is 11.3 Å². The van der Waals surface area contributed by atoms with E-state index in [1.807, 2.05) is 30.9 Å². The fraction of sp³-hybridized carbons (Fsp3) is 0.353. The van der Waals surface area contributed by atoms with Gasteiger partial charge in [0.15, 0.2) is 0 Å². The minimum absolute atomic E-state index is 0.00622. The average molecular weight is 302 g/mol. The van der Waals surface area contributed by atoms with Crippen LogP contribution in [0.2, 0.25) is 0 Å². The summed E-state index contributed by atoms with van der Waals surface area (Å²) < 4.78 is 0. The Morgan fingerprint density at radius 3 is 2.48 bits per heavy atom. The molecule has 2 rings (SSSR count). The van der Waals surface area contributed by atoms with Crippen molar-refractivity contribution in [2.45, 2.75) is 19.4 Å². The van der Waals surface area contributed by atoms with Crippen molar-refractivity contribution in [3.8, 4) is 0 Å². The molecule has 0 aliphatic heterocycles. The number of hydrogen-bond acceptors (Lipinski definition) is 3. The Morgan fingerprint density at radius 1 is 1.24 bits per heavy atom. The van der Waals surface area contributed by atoms with E-state index in [1.54, 1.807) is 0 Å². The van der Waals surface area contributed by atoms with Crippen LogP contribution < -0.4 is 5.32 Å². The molecule has 1 atom stereocenters. The average Bonchev–Trinajstić information content (AvgIpc) is 3.02. The van der Waals surface area contributed by atoms with E-state index < -0.39 is 0 Å². The van der Waals surface area contributed by atoms with Crippen LogP contribution in [0.1, 0.15) is 34.5 Å². The molecule has 0 saturated carbocycles. The van der Waals surface area contributed by atoms with Crippen molar-refractivity contribution in [1.29, 1.82) is 0 Å². The smallest absolute Gasteiger partial charge is 0.252 e. The van der Waals surface area contributed by atoms with Crippen LogP contribution in [0.15, 0.2) is 41.1 Å². The molecule has 0 bridgehead atoms. The van der Waals surface area contributed by atoms with Crippen molar-refractivity contribution in [3.63, 3.8) is 0 Å². The van der Waals surface area contributed by atoms with Crippen LogP contribution in [-0.4, -0.2) is 31.4 Å². The number of benzene rings is 1. The third-order valence-corrected chi connectivity index (χ3v) is 4.32. The van der Waals surface area contributed by atoms with Crippen LogP contribution in [0, 0.1) is 0 Å². The predicted octanol–water partition coefficient (Wildman–Crippen LogP) is 3.34. The molecular weight excluding hydrogens is 280 g/mol. The van der Waals surface area contributed by atoms with Crippen molar-refractivity contribution in [1.82, 2.24) is 10.2 Å². The van der Waals surface area contributed by atoms with Gasteiger partial charge >= 0.3 is 0 Å². The van der Waals surface area contributed by atoms with Gasteiger partial charge < -0.3 is 10.2 Å². The highest BCUT2D eigenvalue weighted by atomic mass is 32.1. The Hall–Kier alpha value is -1.65. The molecule has 2 aromatic rings. The summed E-state index contributed by atoms with van der Waals surface area (Å²) in [5.41, 5.74) is 3.29. The zero-order chi connectivity index (χ0) is 15.2. The Labute approximate surface area is 130 Å². The van der Waals surface area contributed by atoms with E-state index in [4.69, 9.17) is 0 Å². The maximum absolute atomic E-state index is 12.0. The Kier molecular flexibility index (Phi) is 5.53. The van der Waals surface area contributed by atoms with Gasteiger partial charge in [0, 0.05) is 17.5 Å². The van der Waals surface area contributed by atoms with Gasteiger partial charge in [-0.3, -0.25) is 4.79 Å². The summed E-state index contributed by atoms with van der Waals surface area (Å²) in [6.07, 6.45) is 1.04. The summed E-state index contributed by atoms with van der Waals surface area (Å²) in [6.45, 7) is 2.76.